The van der Waals surface area contributed by atoms with Crippen molar-refractivity contribution in [1.29, 1.82) is 0 Å². The number of hydrogen-bond donors (Lipinski definition) is 2. The molecule has 0 aliphatic carbocycles. The van der Waals surface area contributed by atoms with Gasteiger partial charge in [-0.3, -0.25) is 0 Å². The Morgan fingerprint density at radius 3 is 3.11 bits per heavy atom. The van der Waals surface area contributed by atoms with Gasteiger partial charge in [0, 0.05) is 19.5 Å². The minimum Gasteiger partial charge on any atom is -0.497 e. The summed E-state index contributed by atoms with van der Waals surface area (Å²) in [7, 11) is 1.65. The zero-order valence-corrected chi connectivity index (χ0v) is 10.3. The van der Waals surface area contributed by atoms with E-state index in [0.29, 0.717) is 19.5 Å². The first-order valence-corrected chi connectivity index (χ1v) is 5.84. The van der Waals surface area contributed by atoms with Crippen LogP contribution in [-0.4, -0.2) is 25.4 Å². The molecule has 3 N–H and O–H groups in total. The number of nitrogens with two attached hydrogens (primary N) is 1. The second-order valence-corrected chi connectivity index (χ2v) is 3.91. The molecule has 96 valence electrons. The average molecular weight is 247 g/mol. The van der Waals surface area contributed by atoms with Crippen LogP contribution in [0.15, 0.2) is 35.0 Å². The highest BCUT2D eigenvalue weighted by molar-refractivity contribution is 5.46. The van der Waals surface area contributed by atoms with Crippen molar-refractivity contribution in [2.24, 2.45) is 5.73 Å². The fourth-order valence-electron chi connectivity index (χ4n) is 1.71. The second-order valence-electron chi connectivity index (χ2n) is 3.91. The third-order valence-corrected chi connectivity index (χ3v) is 2.60. The van der Waals surface area contributed by atoms with Crippen molar-refractivity contribution in [3.05, 3.63) is 41.8 Å². The summed E-state index contributed by atoms with van der Waals surface area (Å²) < 4.78 is 10.4. The molecule has 1 heterocycles. The molecule has 0 atom stereocenters. The summed E-state index contributed by atoms with van der Waals surface area (Å²) in [5.74, 6) is 1.64. The topological polar surface area (TPSA) is 73.3 Å². The van der Waals surface area contributed by atoms with Crippen LogP contribution in [0.1, 0.15) is 11.3 Å². The zero-order chi connectivity index (χ0) is 12.8. The first kappa shape index (κ1) is 12.4. The van der Waals surface area contributed by atoms with Crippen LogP contribution >= 0.6 is 0 Å². The minimum atomic E-state index is 0.573. The number of anilines is 1. The van der Waals surface area contributed by atoms with Gasteiger partial charge in [-0.25, -0.2) is 0 Å². The van der Waals surface area contributed by atoms with E-state index in [1.807, 2.05) is 24.3 Å². The molecule has 0 aliphatic rings. The molecule has 2 aromatic rings. The molecule has 0 bridgehead atoms. The van der Waals surface area contributed by atoms with E-state index in [1.54, 1.807) is 13.3 Å². The molecule has 1 aromatic heterocycles. The first-order chi connectivity index (χ1) is 8.83. The normalized spacial score (nSPS) is 10.3. The summed E-state index contributed by atoms with van der Waals surface area (Å²) in [6.07, 6.45) is 2.34. The van der Waals surface area contributed by atoms with Crippen molar-refractivity contribution in [2.45, 2.75) is 6.42 Å². The van der Waals surface area contributed by atoms with E-state index in [1.165, 1.54) is 0 Å². The molecule has 0 radical (unpaired) electrons. The number of hydrogen-bond acceptors (Lipinski definition) is 5. The summed E-state index contributed by atoms with van der Waals surface area (Å²) in [6, 6.07) is 7.88. The number of rotatable bonds is 6. The highest BCUT2D eigenvalue weighted by atomic mass is 16.5. The van der Waals surface area contributed by atoms with Crippen molar-refractivity contribution in [2.75, 3.05) is 25.5 Å². The second kappa shape index (κ2) is 6.07. The van der Waals surface area contributed by atoms with Gasteiger partial charge in [-0.2, -0.15) is 0 Å². The number of nitrogens with zero attached hydrogens (tertiary/aromatic N) is 1. The molecule has 0 unspecified atom stereocenters. The van der Waals surface area contributed by atoms with Crippen LogP contribution in [0.2, 0.25) is 0 Å². The van der Waals surface area contributed by atoms with E-state index < -0.39 is 0 Å². The van der Waals surface area contributed by atoms with Crippen molar-refractivity contribution in [3.63, 3.8) is 0 Å². The number of aromatic nitrogens is 1. The lowest BCUT2D eigenvalue weighted by atomic mass is 10.1. The van der Waals surface area contributed by atoms with Gasteiger partial charge in [0.15, 0.2) is 5.76 Å². The summed E-state index contributed by atoms with van der Waals surface area (Å²) in [4.78, 5) is 0. The zero-order valence-electron chi connectivity index (χ0n) is 10.3. The molecule has 2 rings (SSSR count). The molecule has 0 fully saturated rings. The Hall–Kier alpha value is -2.01. The highest BCUT2D eigenvalue weighted by Crippen LogP contribution is 2.21. The van der Waals surface area contributed by atoms with Gasteiger partial charge in [0.1, 0.15) is 5.75 Å². The molecule has 5 nitrogen and oxygen atoms in total. The molecule has 0 spiro atoms. The molecular weight excluding hydrogens is 230 g/mol. The van der Waals surface area contributed by atoms with Crippen molar-refractivity contribution >= 4 is 5.69 Å². The molecular formula is C13H17N3O2. The Morgan fingerprint density at radius 2 is 2.33 bits per heavy atom. The standard InChI is InChI=1S/C13H17N3O2/c1-17-11-4-2-3-10(7-11)8-13-12(9-16-18-13)15-6-5-14/h2-4,7,9,15H,5-6,8,14H2,1H3. The maximum Gasteiger partial charge on any atom is 0.164 e. The van der Waals surface area contributed by atoms with Crippen LogP contribution < -0.4 is 15.8 Å². The Bertz CT molecular complexity index is 496. The van der Waals surface area contributed by atoms with Gasteiger partial charge in [-0.05, 0) is 17.7 Å². The quantitative estimate of drug-likeness (QED) is 0.812. The Labute approximate surface area is 106 Å². The largest absolute Gasteiger partial charge is 0.497 e. The van der Waals surface area contributed by atoms with Crippen LogP contribution in [0.25, 0.3) is 0 Å². The molecule has 1 aromatic carbocycles. The third kappa shape index (κ3) is 3.01. The smallest absolute Gasteiger partial charge is 0.164 e. The predicted molar refractivity (Wildman–Crippen MR) is 69.8 cm³/mol. The van der Waals surface area contributed by atoms with E-state index in [0.717, 1.165) is 22.8 Å². The van der Waals surface area contributed by atoms with Gasteiger partial charge in [-0.15, -0.1) is 0 Å². The van der Waals surface area contributed by atoms with Crippen LogP contribution in [0, 0.1) is 0 Å². The SMILES string of the molecule is COc1cccc(Cc2oncc2NCCN)c1. The summed E-state index contributed by atoms with van der Waals surface area (Å²) in [6.45, 7) is 1.27. The summed E-state index contributed by atoms with van der Waals surface area (Å²) in [5, 5.41) is 6.98. The fraction of sp³-hybridized carbons (Fsp3) is 0.308. The van der Waals surface area contributed by atoms with Gasteiger partial charge in [0.2, 0.25) is 0 Å². The monoisotopic (exact) mass is 247 g/mol. The van der Waals surface area contributed by atoms with Gasteiger partial charge in [-0.1, -0.05) is 17.3 Å². The fourth-order valence-corrected chi connectivity index (χ4v) is 1.71. The molecule has 0 amide bonds. The lowest BCUT2D eigenvalue weighted by Gasteiger charge is -2.05. The van der Waals surface area contributed by atoms with Crippen molar-refractivity contribution < 1.29 is 9.26 Å². The van der Waals surface area contributed by atoms with E-state index in [4.69, 9.17) is 15.0 Å². The van der Waals surface area contributed by atoms with E-state index >= 15 is 0 Å². The van der Waals surface area contributed by atoms with Crippen molar-refractivity contribution in [1.82, 2.24) is 5.16 Å². The van der Waals surface area contributed by atoms with E-state index in [2.05, 4.69) is 10.5 Å². The van der Waals surface area contributed by atoms with Gasteiger partial charge in [0.05, 0.1) is 19.0 Å². The lowest BCUT2D eigenvalue weighted by Crippen LogP contribution is -2.13. The van der Waals surface area contributed by atoms with Crippen LogP contribution in [0.3, 0.4) is 0 Å². The number of ether oxygens (including phenoxy) is 1. The van der Waals surface area contributed by atoms with Crippen LogP contribution in [0.5, 0.6) is 5.75 Å². The Morgan fingerprint density at radius 1 is 1.44 bits per heavy atom. The van der Waals surface area contributed by atoms with Gasteiger partial charge >= 0.3 is 0 Å². The maximum absolute atomic E-state index is 5.46. The molecule has 0 aliphatic heterocycles. The first-order valence-electron chi connectivity index (χ1n) is 5.84. The van der Waals surface area contributed by atoms with Crippen LogP contribution in [-0.2, 0) is 6.42 Å². The van der Waals surface area contributed by atoms with Gasteiger partial charge in [0.25, 0.3) is 0 Å². The number of nitrogens with one attached hydrogen (secondary N) is 1. The number of methoxy groups -OCH3 is 1. The molecule has 0 saturated heterocycles. The molecule has 0 saturated carbocycles. The lowest BCUT2D eigenvalue weighted by molar-refractivity contribution is 0.389. The van der Waals surface area contributed by atoms with E-state index in [-0.39, 0.29) is 0 Å². The van der Waals surface area contributed by atoms with Crippen molar-refractivity contribution in [3.8, 4) is 5.75 Å². The summed E-state index contributed by atoms with van der Waals surface area (Å²) >= 11 is 0. The predicted octanol–water partition coefficient (Wildman–Crippen LogP) is 1.64. The summed E-state index contributed by atoms with van der Waals surface area (Å²) in [5.41, 5.74) is 7.46. The third-order valence-electron chi connectivity index (χ3n) is 2.60. The van der Waals surface area contributed by atoms with Gasteiger partial charge < -0.3 is 20.3 Å². The Balaban J connectivity index is 2.10. The minimum absolute atomic E-state index is 0.573. The highest BCUT2D eigenvalue weighted by Gasteiger charge is 2.08. The maximum atomic E-state index is 5.46. The molecule has 5 heteroatoms. The molecule has 18 heavy (non-hydrogen) atoms. The Kier molecular flexibility index (Phi) is 4.20. The van der Waals surface area contributed by atoms with E-state index in [9.17, 15) is 0 Å². The average Bonchev–Trinajstić information content (AvgIpc) is 2.84. The van der Waals surface area contributed by atoms with Crippen LogP contribution in [0.4, 0.5) is 5.69 Å². The number of benzene rings is 1.